The van der Waals surface area contributed by atoms with Crippen molar-refractivity contribution in [2.24, 2.45) is 4.99 Å². The van der Waals surface area contributed by atoms with Gasteiger partial charge in [0, 0.05) is 44.0 Å². The van der Waals surface area contributed by atoms with Crippen molar-refractivity contribution in [1.82, 2.24) is 19.7 Å². The molecular formula is C18H25N5O. The summed E-state index contributed by atoms with van der Waals surface area (Å²) in [7, 11) is 1.71. The maximum absolute atomic E-state index is 5.67. The molecule has 0 radical (unpaired) electrons. The second-order valence-corrected chi connectivity index (χ2v) is 5.56. The minimum absolute atomic E-state index is 0.364. The molecule has 1 N–H and O–H groups in total. The number of ether oxygens (including phenoxy) is 1. The van der Waals surface area contributed by atoms with Crippen molar-refractivity contribution < 1.29 is 4.74 Å². The molecular weight excluding hydrogens is 302 g/mol. The van der Waals surface area contributed by atoms with Gasteiger partial charge >= 0.3 is 0 Å². The van der Waals surface area contributed by atoms with E-state index in [4.69, 9.17) is 4.74 Å². The molecule has 0 bridgehead atoms. The van der Waals surface area contributed by atoms with E-state index in [1.165, 1.54) is 6.20 Å². The monoisotopic (exact) mass is 327 g/mol. The molecule has 0 aliphatic carbocycles. The fourth-order valence-corrected chi connectivity index (χ4v) is 2.38. The molecule has 1 atom stereocenters. The molecule has 6 nitrogen and oxygen atoms in total. The van der Waals surface area contributed by atoms with Crippen LogP contribution in [-0.4, -0.2) is 33.3 Å². The number of aliphatic imine (C=N–C) groups is 1. The van der Waals surface area contributed by atoms with Gasteiger partial charge in [-0.2, -0.15) is 0 Å². The first-order valence-electron chi connectivity index (χ1n) is 8.02. The summed E-state index contributed by atoms with van der Waals surface area (Å²) in [4.78, 5) is 12.9. The van der Waals surface area contributed by atoms with Crippen LogP contribution in [0.4, 0.5) is 0 Å². The van der Waals surface area contributed by atoms with Gasteiger partial charge in [0.15, 0.2) is 0 Å². The number of imidazole rings is 1. The first-order valence-corrected chi connectivity index (χ1v) is 8.02. The highest BCUT2D eigenvalue weighted by atomic mass is 16.5. The van der Waals surface area contributed by atoms with E-state index >= 15 is 0 Å². The van der Waals surface area contributed by atoms with Crippen molar-refractivity contribution in [2.75, 3.05) is 7.11 Å². The number of aryl methyl sites for hydroxylation is 1. The van der Waals surface area contributed by atoms with Crippen LogP contribution in [0, 0.1) is 6.92 Å². The van der Waals surface area contributed by atoms with Crippen molar-refractivity contribution in [3.63, 3.8) is 0 Å². The Morgan fingerprint density at radius 3 is 3.00 bits per heavy atom. The second-order valence-electron chi connectivity index (χ2n) is 5.56. The van der Waals surface area contributed by atoms with Crippen molar-refractivity contribution in [1.29, 1.82) is 0 Å². The van der Waals surface area contributed by atoms with E-state index in [9.17, 15) is 0 Å². The lowest BCUT2D eigenvalue weighted by molar-refractivity contribution is 0.0358. The summed E-state index contributed by atoms with van der Waals surface area (Å²) < 4.78 is 7.59. The third-order valence-electron chi connectivity index (χ3n) is 3.96. The molecule has 2 aromatic heterocycles. The molecule has 0 saturated heterocycles. The van der Waals surface area contributed by atoms with Crippen LogP contribution in [0.25, 0.3) is 5.78 Å². The van der Waals surface area contributed by atoms with Crippen LogP contribution >= 0.6 is 0 Å². The minimum atomic E-state index is -0.364. The van der Waals surface area contributed by atoms with E-state index in [1.54, 1.807) is 7.11 Å². The highest BCUT2D eigenvalue weighted by Gasteiger charge is 2.22. The molecule has 128 valence electrons. The zero-order valence-electron chi connectivity index (χ0n) is 14.6. The first-order chi connectivity index (χ1) is 11.6. The van der Waals surface area contributed by atoms with Gasteiger partial charge in [0.2, 0.25) is 5.78 Å². The van der Waals surface area contributed by atoms with Crippen LogP contribution in [0.2, 0.25) is 0 Å². The molecule has 0 aliphatic heterocycles. The van der Waals surface area contributed by atoms with Gasteiger partial charge in [0.25, 0.3) is 0 Å². The molecule has 0 spiro atoms. The molecule has 0 aromatic carbocycles. The quantitative estimate of drug-likeness (QED) is 0.719. The summed E-state index contributed by atoms with van der Waals surface area (Å²) in [5.74, 6) is 0.719. The van der Waals surface area contributed by atoms with Crippen LogP contribution in [0.15, 0.2) is 48.5 Å². The molecule has 2 rings (SSSR count). The average Bonchev–Trinajstić information content (AvgIpc) is 2.99. The Labute approximate surface area is 143 Å². The van der Waals surface area contributed by atoms with Gasteiger partial charge in [-0.05, 0) is 31.7 Å². The number of hydrogen-bond acceptors (Lipinski definition) is 5. The summed E-state index contributed by atoms with van der Waals surface area (Å²) in [5, 5.41) is 3.26. The van der Waals surface area contributed by atoms with Crippen LogP contribution < -0.4 is 5.32 Å². The summed E-state index contributed by atoms with van der Waals surface area (Å²) in [6.45, 7) is 8.26. The van der Waals surface area contributed by atoms with Crippen molar-refractivity contribution in [3.8, 4) is 0 Å². The highest BCUT2D eigenvalue weighted by molar-refractivity contribution is 5.60. The summed E-state index contributed by atoms with van der Waals surface area (Å²) in [6.07, 6.45) is 12.8. The lowest BCUT2D eigenvalue weighted by atomic mass is 9.97. The number of fused-ring (bicyclic) bond motifs is 1. The minimum Gasteiger partial charge on any atom is -0.385 e. The van der Waals surface area contributed by atoms with E-state index < -0.39 is 0 Å². The highest BCUT2D eigenvalue weighted by Crippen LogP contribution is 2.20. The van der Waals surface area contributed by atoms with Crippen LogP contribution in [0.5, 0.6) is 0 Å². The van der Waals surface area contributed by atoms with Gasteiger partial charge in [0.05, 0.1) is 17.8 Å². The fourth-order valence-electron chi connectivity index (χ4n) is 2.38. The Bertz CT molecular complexity index is 728. The standard InChI is InChI=1S/C18H25N5O/c1-5-18(24-4,8-10-19-6-2)9-11-20-13-16-14-23-12-7-15(3)21-17(23)22-16/h6-7,9-12,14,20H,2,5,8,13H2,1,3-4H3/b11-9-,19-10?. The number of nitrogens with zero attached hydrogens (tertiary/aromatic N) is 4. The van der Waals surface area contributed by atoms with Gasteiger partial charge in [-0.15, -0.1) is 0 Å². The maximum atomic E-state index is 5.67. The van der Waals surface area contributed by atoms with E-state index in [0.29, 0.717) is 13.0 Å². The lowest BCUT2D eigenvalue weighted by Gasteiger charge is -2.26. The molecule has 1 unspecified atom stereocenters. The molecule has 6 heteroatoms. The van der Waals surface area contributed by atoms with Crippen molar-refractivity contribution >= 4 is 12.0 Å². The summed E-state index contributed by atoms with van der Waals surface area (Å²) in [6, 6.07) is 1.96. The average molecular weight is 327 g/mol. The Morgan fingerprint density at radius 1 is 1.46 bits per heavy atom. The van der Waals surface area contributed by atoms with Gasteiger partial charge in [-0.3, -0.25) is 9.39 Å². The fraction of sp³-hybridized carbons (Fsp3) is 0.389. The largest absolute Gasteiger partial charge is 0.385 e. The summed E-state index contributed by atoms with van der Waals surface area (Å²) in [5.41, 5.74) is 1.53. The predicted molar refractivity (Wildman–Crippen MR) is 97.0 cm³/mol. The number of rotatable bonds is 9. The number of hydrogen-bond donors (Lipinski definition) is 1. The maximum Gasteiger partial charge on any atom is 0.234 e. The van der Waals surface area contributed by atoms with E-state index in [2.05, 4.69) is 33.8 Å². The topological polar surface area (TPSA) is 63.8 Å². The zero-order chi connectivity index (χ0) is 17.4. The molecule has 0 amide bonds. The smallest absolute Gasteiger partial charge is 0.234 e. The zero-order valence-corrected chi connectivity index (χ0v) is 14.6. The Kier molecular flexibility index (Phi) is 6.26. The van der Waals surface area contributed by atoms with Gasteiger partial charge in [-0.25, -0.2) is 9.97 Å². The Morgan fingerprint density at radius 2 is 2.29 bits per heavy atom. The molecule has 2 heterocycles. The number of nitrogens with one attached hydrogen (secondary N) is 1. The van der Waals surface area contributed by atoms with Gasteiger partial charge in [-0.1, -0.05) is 13.5 Å². The Balaban J connectivity index is 1.97. The van der Waals surface area contributed by atoms with Crippen LogP contribution in [0.1, 0.15) is 31.2 Å². The van der Waals surface area contributed by atoms with Crippen molar-refractivity contribution in [2.45, 2.75) is 38.8 Å². The SMILES string of the molecule is C=CN=CCC(/C=C\NCc1cn2ccc(C)nc2n1)(CC)OC. The van der Waals surface area contributed by atoms with Crippen LogP contribution in [0.3, 0.4) is 0 Å². The molecule has 0 fully saturated rings. The third-order valence-corrected chi connectivity index (χ3v) is 3.96. The van der Waals surface area contributed by atoms with Crippen LogP contribution in [-0.2, 0) is 11.3 Å². The number of methoxy groups -OCH3 is 1. The molecule has 0 saturated carbocycles. The van der Waals surface area contributed by atoms with E-state index in [0.717, 1.165) is 23.6 Å². The number of aromatic nitrogens is 3. The lowest BCUT2D eigenvalue weighted by Crippen LogP contribution is -2.29. The van der Waals surface area contributed by atoms with E-state index in [1.807, 2.05) is 48.3 Å². The first kappa shape index (κ1) is 17.9. The normalized spacial score (nSPS) is 14.5. The van der Waals surface area contributed by atoms with Gasteiger partial charge < -0.3 is 10.1 Å². The second kappa shape index (κ2) is 8.40. The van der Waals surface area contributed by atoms with E-state index in [-0.39, 0.29) is 5.60 Å². The van der Waals surface area contributed by atoms with Crippen molar-refractivity contribution in [3.05, 3.63) is 54.9 Å². The molecule has 0 aliphatic rings. The summed E-state index contributed by atoms with van der Waals surface area (Å²) >= 11 is 0. The third kappa shape index (κ3) is 4.52. The molecule has 2 aromatic rings. The Hall–Kier alpha value is -2.47. The van der Waals surface area contributed by atoms with Gasteiger partial charge in [0.1, 0.15) is 0 Å². The molecule has 24 heavy (non-hydrogen) atoms. The predicted octanol–water partition coefficient (Wildman–Crippen LogP) is 3.04.